The Morgan fingerprint density at radius 1 is 1.44 bits per heavy atom. The molecular weight excluding hydrogens is 234 g/mol. The van der Waals surface area contributed by atoms with E-state index >= 15 is 0 Å². The molecule has 2 N–H and O–H groups in total. The standard InChI is InChI=1S/C12H19N3O3/c1-2-3-10-14-12(18-15-10)11(17)13-8-4-6-9(16)7-5-8/h8-9,16H,2-7H2,1H3,(H,13,17)/t8-,9-. The summed E-state index contributed by atoms with van der Waals surface area (Å²) in [6.45, 7) is 2.02. The van der Waals surface area contributed by atoms with Gasteiger partial charge >= 0.3 is 11.8 Å². The van der Waals surface area contributed by atoms with Crippen LogP contribution in [0.5, 0.6) is 0 Å². The van der Waals surface area contributed by atoms with Gasteiger partial charge in [0.2, 0.25) is 0 Å². The maximum absolute atomic E-state index is 11.8. The number of nitrogens with one attached hydrogen (secondary N) is 1. The highest BCUT2D eigenvalue weighted by molar-refractivity contribution is 5.89. The van der Waals surface area contributed by atoms with Crippen molar-refractivity contribution < 1.29 is 14.4 Å². The molecule has 0 unspecified atom stereocenters. The molecular formula is C12H19N3O3. The molecule has 1 heterocycles. The predicted molar refractivity (Wildman–Crippen MR) is 64.0 cm³/mol. The van der Waals surface area contributed by atoms with Crippen molar-refractivity contribution in [3.05, 3.63) is 11.7 Å². The number of amides is 1. The van der Waals surface area contributed by atoms with Crippen molar-refractivity contribution in [3.63, 3.8) is 0 Å². The molecule has 100 valence electrons. The van der Waals surface area contributed by atoms with E-state index in [1.54, 1.807) is 0 Å². The molecule has 6 heteroatoms. The van der Waals surface area contributed by atoms with Crippen molar-refractivity contribution in [2.75, 3.05) is 0 Å². The van der Waals surface area contributed by atoms with E-state index in [2.05, 4.69) is 15.5 Å². The Morgan fingerprint density at radius 2 is 2.17 bits per heavy atom. The van der Waals surface area contributed by atoms with Crippen LogP contribution in [0.1, 0.15) is 55.5 Å². The molecule has 1 saturated carbocycles. The third-order valence-electron chi connectivity index (χ3n) is 3.17. The Labute approximate surface area is 106 Å². The number of aliphatic hydroxyl groups excluding tert-OH is 1. The van der Waals surface area contributed by atoms with Crippen LogP contribution >= 0.6 is 0 Å². The Balaban J connectivity index is 1.86. The van der Waals surface area contributed by atoms with E-state index in [0.29, 0.717) is 12.2 Å². The van der Waals surface area contributed by atoms with E-state index in [-0.39, 0.29) is 23.9 Å². The van der Waals surface area contributed by atoms with Crippen molar-refractivity contribution in [1.29, 1.82) is 0 Å². The monoisotopic (exact) mass is 253 g/mol. The summed E-state index contributed by atoms with van der Waals surface area (Å²) < 4.78 is 4.92. The number of aromatic nitrogens is 2. The molecule has 6 nitrogen and oxygen atoms in total. The van der Waals surface area contributed by atoms with Crippen molar-refractivity contribution in [1.82, 2.24) is 15.5 Å². The molecule has 0 aromatic carbocycles. The summed E-state index contributed by atoms with van der Waals surface area (Å²) in [7, 11) is 0. The van der Waals surface area contributed by atoms with Gasteiger partial charge in [-0.15, -0.1) is 0 Å². The minimum Gasteiger partial charge on any atom is -0.393 e. The van der Waals surface area contributed by atoms with Gasteiger partial charge in [0.05, 0.1) is 6.10 Å². The molecule has 1 aliphatic carbocycles. The lowest BCUT2D eigenvalue weighted by atomic mass is 9.93. The maximum Gasteiger partial charge on any atom is 0.315 e. The Bertz CT molecular complexity index is 397. The minimum absolute atomic E-state index is 0.0320. The lowest BCUT2D eigenvalue weighted by Crippen LogP contribution is -2.38. The van der Waals surface area contributed by atoms with Gasteiger partial charge in [0.15, 0.2) is 5.82 Å². The van der Waals surface area contributed by atoms with Gasteiger partial charge in [-0.05, 0) is 32.1 Å². The fraction of sp³-hybridized carbons (Fsp3) is 0.750. The van der Waals surface area contributed by atoms with Crippen LogP contribution in [0.25, 0.3) is 0 Å². The molecule has 2 rings (SSSR count). The number of hydrogen-bond donors (Lipinski definition) is 2. The first-order valence-electron chi connectivity index (χ1n) is 6.50. The van der Waals surface area contributed by atoms with Crippen LogP contribution in [-0.2, 0) is 6.42 Å². The van der Waals surface area contributed by atoms with Crippen LogP contribution in [0.3, 0.4) is 0 Å². The Kier molecular flexibility index (Phi) is 4.30. The van der Waals surface area contributed by atoms with E-state index in [0.717, 1.165) is 32.1 Å². The normalized spacial score (nSPS) is 23.9. The number of carbonyl (C=O) groups is 1. The van der Waals surface area contributed by atoms with Crippen LogP contribution in [-0.4, -0.2) is 33.3 Å². The van der Waals surface area contributed by atoms with Gasteiger partial charge < -0.3 is 14.9 Å². The number of rotatable bonds is 4. The second kappa shape index (κ2) is 5.95. The summed E-state index contributed by atoms with van der Waals surface area (Å²) in [6.07, 6.45) is 4.46. The van der Waals surface area contributed by atoms with E-state index in [4.69, 9.17) is 4.52 Å². The van der Waals surface area contributed by atoms with Gasteiger partial charge in [-0.1, -0.05) is 12.1 Å². The Hall–Kier alpha value is -1.43. The SMILES string of the molecule is CCCc1noc(C(=O)N[C@H]2CC[C@H](O)CC2)n1. The smallest absolute Gasteiger partial charge is 0.315 e. The summed E-state index contributed by atoms with van der Waals surface area (Å²) in [6, 6.07) is 0.0995. The average molecular weight is 253 g/mol. The largest absolute Gasteiger partial charge is 0.393 e. The van der Waals surface area contributed by atoms with Gasteiger partial charge in [0.25, 0.3) is 0 Å². The van der Waals surface area contributed by atoms with Crippen LogP contribution in [0.4, 0.5) is 0 Å². The number of carbonyl (C=O) groups excluding carboxylic acids is 1. The van der Waals surface area contributed by atoms with Gasteiger partial charge in [-0.2, -0.15) is 4.98 Å². The maximum atomic E-state index is 11.8. The molecule has 1 aromatic rings. The fourth-order valence-corrected chi connectivity index (χ4v) is 2.14. The van der Waals surface area contributed by atoms with Crippen LogP contribution in [0.15, 0.2) is 4.52 Å². The van der Waals surface area contributed by atoms with E-state index in [1.807, 2.05) is 6.92 Å². The molecule has 0 bridgehead atoms. The van der Waals surface area contributed by atoms with Crippen LogP contribution in [0, 0.1) is 0 Å². The van der Waals surface area contributed by atoms with Crippen molar-refractivity contribution in [2.24, 2.45) is 0 Å². The first-order chi connectivity index (χ1) is 8.69. The molecule has 0 radical (unpaired) electrons. The van der Waals surface area contributed by atoms with Crippen LogP contribution < -0.4 is 5.32 Å². The fourth-order valence-electron chi connectivity index (χ4n) is 2.14. The summed E-state index contributed by atoms with van der Waals surface area (Å²) in [5.74, 6) is 0.289. The first kappa shape index (κ1) is 13.0. The highest BCUT2D eigenvalue weighted by atomic mass is 16.5. The predicted octanol–water partition coefficient (Wildman–Crippen LogP) is 1.06. The minimum atomic E-state index is -0.314. The third kappa shape index (κ3) is 3.29. The highest BCUT2D eigenvalue weighted by Gasteiger charge is 2.23. The zero-order valence-corrected chi connectivity index (χ0v) is 10.6. The van der Waals surface area contributed by atoms with Gasteiger partial charge in [-0.25, -0.2) is 0 Å². The average Bonchev–Trinajstić information content (AvgIpc) is 2.81. The van der Waals surface area contributed by atoms with E-state index in [1.165, 1.54) is 0 Å². The van der Waals surface area contributed by atoms with Gasteiger partial charge in [0, 0.05) is 12.5 Å². The van der Waals surface area contributed by atoms with Crippen molar-refractivity contribution >= 4 is 5.91 Å². The second-order valence-electron chi connectivity index (χ2n) is 4.74. The van der Waals surface area contributed by atoms with Gasteiger partial charge in [0.1, 0.15) is 0 Å². The molecule has 1 amide bonds. The summed E-state index contributed by atoms with van der Waals surface area (Å²) >= 11 is 0. The van der Waals surface area contributed by atoms with Crippen LogP contribution in [0.2, 0.25) is 0 Å². The second-order valence-corrected chi connectivity index (χ2v) is 4.74. The zero-order chi connectivity index (χ0) is 13.0. The first-order valence-corrected chi connectivity index (χ1v) is 6.50. The molecule has 0 spiro atoms. The Morgan fingerprint density at radius 3 is 2.83 bits per heavy atom. The lowest BCUT2D eigenvalue weighted by Gasteiger charge is -2.25. The number of aryl methyl sites for hydroxylation is 1. The molecule has 18 heavy (non-hydrogen) atoms. The summed E-state index contributed by atoms with van der Waals surface area (Å²) in [5.41, 5.74) is 0. The topological polar surface area (TPSA) is 88.2 Å². The van der Waals surface area contributed by atoms with Crippen molar-refractivity contribution in [2.45, 2.75) is 57.6 Å². The number of aliphatic hydroxyl groups is 1. The molecule has 0 atom stereocenters. The zero-order valence-electron chi connectivity index (χ0n) is 10.6. The summed E-state index contributed by atoms with van der Waals surface area (Å²) in [5, 5.41) is 16.0. The highest BCUT2D eigenvalue weighted by Crippen LogP contribution is 2.18. The molecule has 0 aliphatic heterocycles. The molecule has 1 fully saturated rings. The van der Waals surface area contributed by atoms with E-state index in [9.17, 15) is 9.90 Å². The number of hydrogen-bond acceptors (Lipinski definition) is 5. The number of nitrogens with zero attached hydrogens (tertiary/aromatic N) is 2. The molecule has 0 saturated heterocycles. The third-order valence-corrected chi connectivity index (χ3v) is 3.17. The molecule has 1 aromatic heterocycles. The summed E-state index contributed by atoms with van der Waals surface area (Å²) in [4.78, 5) is 15.9. The van der Waals surface area contributed by atoms with Gasteiger partial charge in [-0.3, -0.25) is 4.79 Å². The van der Waals surface area contributed by atoms with Crippen molar-refractivity contribution in [3.8, 4) is 0 Å². The molecule has 1 aliphatic rings. The lowest BCUT2D eigenvalue weighted by molar-refractivity contribution is 0.0829. The quantitative estimate of drug-likeness (QED) is 0.837. The van der Waals surface area contributed by atoms with E-state index < -0.39 is 0 Å².